The molecule has 4 aliphatic carbocycles. The molecule has 1 saturated carbocycles. The number of rotatable bonds is 5. The van der Waals surface area contributed by atoms with Crippen molar-refractivity contribution in [2.45, 2.75) is 112 Å². The Balaban J connectivity index is 1.56. The van der Waals surface area contributed by atoms with Crippen molar-refractivity contribution in [2.24, 2.45) is 40.4 Å². The van der Waals surface area contributed by atoms with Crippen LogP contribution in [0.4, 0.5) is 0 Å². The number of aliphatic hydroxyl groups is 1. The maximum absolute atomic E-state index is 10.5. The predicted molar refractivity (Wildman–Crippen MR) is 124 cm³/mol. The van der Waals surface area contributed by atoms with Gasteiger partial charge in [0.05, 0.1) is 6.10 Å². The van der Waals surface area contributed by atoms with Crippen LogP contribution in [0, 0.1) is 40.4 Å². The van der Waals surface area contributed by atoms with E-state index in [-0.39, 0.29) is 6.10 Å². The minimum Gasteiger partial charge on any atom is -0.393 e. The summed E-state index contributed by atoms with van der Waals surface area (Å²) < 4.78 is 0. The molecule has 1 N–H and O–H groups in total. The van der Waals surface area contributed by atoms with Crippen molar-refractivity contribution in [3.8, 4) is 0 Å². The molecule has 0 spiro atoms. The summed E-state index contributed by atoms with van der Waals surface area (Å²) in [5, 5.41) is 10.5. The van der Waals surface area contributed by atoms with Crippen LogP contribution in [0.1, 0.15) is 106 Å². The van der Waals surface area contributed by atoms with E-state index in [1.54, 1.807) is 11.1 Å². The molecule has 4 rings (SSSR count). The predicted octanol–water partition coefficient (Wildman–Crippen LogP) is 7.70. The molecule has 0 saturated heterocycles. The Hall–Kier alpha value is -0.560. The zero-order chi connectivity index (χ0) is 21.0. The molecule has 1 fully saturated rings. The molecule has 0 bridgehead atoms. The summed E-state index contributed by atoms with van der Waals surface area (Å²) in [6.45, 7) is 14.7. The first-order valence-electron chi connectivity index (χ1n) is 12.8. The van der Waals surface area contributed by atoms with Crippen LogP contribution in [-0.4, -0.2) is 11.2 Å². The molecule has 0 aromatic heterocycles. The molecule has 29 heavy (non-hydrogen) atoms. The van der Waals surface area contributed by atoms with Gasteiger partial charge in [-0.05, 0) is 96.5 Å². The summed E-state index contributed by atoms with van der Waals surface area (Å²) >= 11 is 0. The molecule has 2 unspecified atom stereocenters. The average Bonchev–Trinajstić information content (AvgIpc) is 3.02. The molecule has 1 nitrogen and oxygen atoms in total. The summed E-state index contributed by atoms with van der Waals surface area (Å²) in [5.74, 6) is 3.66. The standard InChI is InChI=1S/C28H46O/c1-18(2)8-7-9-19(3)22-12-13-24-21-10-11-23-20(4)26(29)15-17-28(23,6)25(21)14-16-27(22,24)5/h13,18-20,22-23,26,29H,7-12,14-17H2,1-6H3/t19-,20?,22-,23?,26+,27-,28+/m1/s1. The largest absolute Gasteiger partial charge is 0.393 e. The maximum Gasteiger partial charge on any atom is 0.0569 e. The van der Waals surface area contributed by atoms with Crippen LogP contribution in [0.2, 0.25) is 0 Å². The Kier molecular flexibility index (Phi) is 5.86. The number of allylic oxidation sites excluding steroid dienone is 4. The van der Waals surface area contributed by atoms with Crippen LogP contribution >= 0.6 is 0 Å². The molecule has 0 amide bonds. The molecule has 0 radical (unpaired) electrons. The topological polar surface area (TPSA) is 20.2 Å². The van der Waals surface area contributed by atoms with Crippen molar-refractivity contribution in [2.75, 3.05) is 0 Å². The van der Waals surface area contributed by atoms with Crippen molar-refractivity contribution >= 4 is 0 Å². The second-order valence-corrected chi connectivity index (χ2v) is 12.2. The number of hydrogen-bond donors (Lipinski definition) is 1. The third kappa shape index (κ3) is 3.48. The fraction of sp³-hybridized carbons (Fsp3) is 0.857. The van der Waals surface area contributed by atoms with Gasteiger partial charge in [0.2, 0.25) is 0 Å². The molecular weight excluding hydrogens is 352 g/mol. The van der Waals surface area contributed by atoms with Crippen molar-refractivity contribution in [3.63, 3.8) is 0 Å². The molecule has 0 heterocycles. The third-order valence-corrected chi connectivity index (χ3v) is 10.1. The number of hydrogen-bond acceptors (Lipinski definition) is 1. The van der Waals surface area contributed by atoms with E-state index < -0.39 is 0 Å². The van der Waals surface area contributed by atoms with Crippen LogP contribution in [0.3, 0.4) is 0 Å². The summed E-state index contributed by atoms with van der Waals surface area (Å²) in [7, 11) is 0. The zero-order valence-corrected chi connectivity index (χ0v) is 20.1. The van der Waals surface area contributed by atoms with Gasteiger partial charge < -0.3 is 5.11 Å². The fourth-order valence-corrected chi connectivity index (χ4v) is 8.25. The summed E-state index contributed by atoms with van der Waals surface area (Å²) in [4.78, 5) is 0. The smallest absolute Gasteiger partial charge is 0.0569 e. The lowest BCUT2D eigenvalue weighted by Gasteiger charge is -2.55. The van der Waals surface area contributed by atoms with E-state index >= 15 is 0 Å². The highest BCUT2D eigenvalue weighted by molar-refractivity contribution is 5.49. The van der Waals surface area contributed by atoms with E-state index in [4.69, 9.17) is 0 Å². The van der Waals surface area contributed by atoms with Crippen LogP contribution in [0.5, 0.6) is 0 Å². The molecule has 1 heteroatoms. The van der Waals surface area contributed by atoms with Crippen LogP contribution in [-0.2, 0) is 0 Å². The summed E-state index contributed by atoms with van der Waals surface area (Å²) in [6.07, 6.45) is 15.5. The van der Waals surface area contributed by atoms with Crippen molar-refractivity contribution < 1.29 is 5.11 Å². The maximum atomic E-state index is 10.5. The Morgan fingerprint density at radius 2 is 1.79 bits per heavy atom. The first-order chi connectivity index (χ1) is 13.7. The van der Waals surface area contributed by atoms with Crippen molar-refractivity contribution in [3.05, 3.63) is 22.8 Å². The van der Waals surface area contributed by atoms with Crippen LogP contribution in [0.15, 0.2) is 22.8 Å². The van der Waals surface area contributed by atoms with Crippen molar-refractivity contribution in [1.29, 1.82) is 0 Å². The number of fused-ring (bicyclic) bond motifs is 4. The second-order valence-electron chi connectivity index (χ2n) is 12.2. The molecular formula is C28H46O. The van der Waals surface area contributed by atoms with E-state index in [2.05, 4.69) is 47.6 Å². The lowest BCUT2D eigenvalue weighted by Crippen LogP contribution is -2.48. The van der Waals surface area contributed by atoms with E-state index in [0.29, 0.717) is 22.7 Å². The van der Waals surface area contributed by atoms with Gasteiger partial charge in [0.25, 0.3) is 0 Å². The average molecular weight is 399 g/mol. The monoisotopic (exact) mass is 398 g/mol. The molecule has 0 aromatic carbocycles. The second kappa shape index (κ2) is 7.85. The quantitative estimate of drug-likeness (QED) is 0.503. The first kappa shape index (κ1) is 21.7. The van der Waals surface area contributed by atoms with E-state index in [1.807, 2.05) is 5.57 Å². The highest BCUT2D eigenvalue weighted by atomic mass is 16.3. The Morgan fingerprint density at radius 1 is 1.03 bits per heavy atom. The molecule has 7 atom stereocenters. The normalized spacial score (nSPS) is 43.0. The highest BCUT2D eigenvalue weighted by Gasteiger charge is 2.54. The minimum absolute atomic E-state index is 0.0779. The SMILES string of the molecule is CC(C)CCC[C@@H](C)[C@H]1CC=C2C3=C(CC[C@@]21C)[C@@]1(C)CC[C@H](O)C(C)C1CC3. The Labute approximate surface area is 180 Å². The Bertz CT molecular complexity index is 684. The van der Waals surface area contributed by atoms with Gasteiger partial charge in [-0.3, -0.25) is 0 Å². The molecule has 0 aromatic rings. The van der Waals surface area contributed by atoms with E-state index in [0.717, 1.165) is 24.2 Å². The lowest BCUT2D eigenvalue weighted by molar-refractivity contribution is -0.0287. The van der Waals surface area contributed by atoms with Gasteiger partial charge in [-0.1, -0.05) is 72.5 Å². The Morgan fingerprint density at radius 3 is 2.52 bits per heavy atom. The molecule has 164 valence electrons. The first-order valence-corrected chi connectivity index (χ1v) is 12.8. The highest BCUT2D eigenvalue weighted by Crippen LogP contribution is 2.64. The minimum atomic E-state index is -0.0779. The van der Waals surface area contributed by atoms with Gasteiger partial charge in [0.15, 0.2) is 0 Å². The van der Waals surface area contributed by atoms with Crippen LogP contribution < -0.4 is 0 Å². The van der Waals surface area contributed by atoms with Gasteiger partial charge in [-0.15, -0.1) is 0 Å². The third-order valence-electron chi connectivity index (χ3n) is 10.1. The van der Waals surface area contributed by atoms with Gasteiger partial charge >= 0.3 is 0 Å². The molecule has 0 aliphatic heterocycles. The van der Waals surface area contributed by atoms with Gasteiger partial charge in [-0.2, -0.15) is 0 Å². The summed E-state index contributed by atoms with van der Waals surface area (Å²) in [5.41, 5.74) is 6.11. The van der Waals surface area contributed by atoms with Gasteiger partial charge in [0, 0.05) is 0 Å². The van der Waals surface area contributed by atoms with E-state index in [1.165, 1.54) is 57.8 Å². The van der Waals surface area contributed by atoms with E-state index in [9.17, 15) is 5.11 Å². The lowest BCUT2D eigenvalue weighted by atomic mass is 9.49. The summed E-state index contributed by atoms with van der Waals surface area (Å²) in [6, 6.07) is 0. The number of aliphatic hydroxyl groups excluding tert-OH is 1. The van der Waals surface area contributed by atoms with Crippen molar-refractivity contribution in [1.82, 2.24) is 0 Å². The van der Waals surface area contributed by atoms with Crippen LogP contribution in [0.25, 0.3) is 0 Å². The fourth-order valence-electron chi connectivity index (χ4n) is 8.25. The van der Waals surface area contributed by atoms with Gasteiger partial charge in [-0.25, -0.2) is 0 Å². The van der Waals surface area contributed by atoms with Gasteiger partial charge in [0.1, 0.15) is 0 Å². The zero-order valence-electron chi connectivity index (χ0n) is 20.1. The molecule has 4 aliphatic rings.